The Labute approximate surface area is 165 Å². The molecule has 1 aliphatic rings. The van der Waals surface area contributed by atoms with E-state index in [9.17, 15) is 10.1 Å². The number of ether oxygens (including phenoxy) is 3. The average molecular weight is 380 g/mol. The first-order valence-corrected chi connectivity index (χ1v) is 9.17. The molecule has 0 spiro atoms. The number of nitriles is 1. The fourth-order valence-corrected chi connectivity index (χ4v) is 2.97. The monoisotopic (exact) mass is 380 g/mol. The lowest BCUT2D eigenvalue weighted by Crippen LogP contribution is -2.44. The Balaban J connectivity index is 1.86. The Kier molecular flexibility index (Phi) is 5.86. The molecule has 28 heavy (non-hydrogen) atoms. The van der Waals surface area contributed by atoms with Crippen LogP contribution in [-0.2, 0) is 16.1 Å². The van der Waals surface area contributed by atoms with Gasteiger partial charge in [0.15, 0.2) is 11.5 Å². The van der Waals surface area contributed by atoms with Crippen LogP contribution in [0.4, 0.5) is 0 Å². The van der Waals surface area contributed by atoms with Crippen LogP contribution in [0.1, 0.15) is 37.8 Å². The molecule has 0 aromatic heterocycles. The standard InChI is InChI=1S/C22H24N2O4/c1-22(2,3)28-21(25)20(24-13-15-7-5-4-6-8-15)17(12-23)16-9-10-18-19(11-16)27-14-26-18/h4-11,17,20,24H,13-14H2,1-3H3/t17-,20-/m0/s1. The molecule has 0 fully saturated rings. The van der Waals surface area contributed by atoms with Crippen molar-refractivity contribution < 1.29 is 19.0 Å². The minimum atomic E-state index is -0.829. The summed E-state index contributed by atoms with van der Waals surface area (Å²) in [5.74, 6) is -0.00374. The van der Waals surface area contributed by atoms with E-state index in [-0.39, 0.29) is 6.79 Å². The summed E-state index contributed by atoms with van der Waals surface area (Å²) >= 11 is 0. The third-order valence-corrected chi connectivity index (χ3v) is 4.26. The van der Waals surface area contributed by atoms with Crippen molar-refractivity contribution in [1.82, 2.24) is 5.32 Å². The molecule has 6 heteroatoms. The molecule has 0 amide bonds. The lowest BCUT2D eigenvalue weighted by atomic mass is 9.92. The second-order valence-electron chi connectivity index (χ2n) is 7.60. The number of benzene rings is 2. The van der Waals surface area contributed by atoms with Crippen molar-refractivity contribution in [3.05, 3.63) is 59.7 Å². The Morgan fingerprint density at radius 2 is 1.89 bits per heavy atom. The van der Waals surface area contributed by atoms with Gasteiger partial charge in [-0.1, -0.05) is 36.4 Å². The highest BCUT2D eigenvalue weighted by atomic mass is 16.7. The maximum absolute atomic E-state index is 12.9. The van der Waals surface area contributed by atoms with Gasteiger partial charge in [0, 0.05) is 6.54 Å². The number of carbonyl (C=O) groups is 1. The number of hydrogen-bond acceptors (Lipinski definition) is 6. The topological polar surface area (TPSA) is 80.6 Å². The SMILES string of the molecule is CC(C)(C)OC(=O)[C@@H](NCc1ccccc1)[C@@H](C#N)c1ccc2c(c1)OCO2. The van der Waals surface area contributed by atoms with Gasteiger partial charge in [-0.25, -0.2) is 0 Å². The van der Waals surface area contributed by atoms with Crippen LogP contribution in [0.5, 0.6) is 11.5 Å². The van der Waals surface area contributed by atoms with Gasteiger partial charge < -0.3 is 14.2 Å². The van der Waals surface area contributed by atoms with E-state index in [1.54, 1.807) is 39.0 Å². The molecule has 1 heterocycles. The van der Waals surface area contributed by atoms with E-state index in [0.29, 0.717) is 23.6 Å². The molecule has 1 N–H and O–H groups in total. The van der Waals surface area contributed by atoms with Crippen molar-refractivity contribution in [1.29, 1.82) is 5.26 Å². The summed E-state index contributed by atoms with van der Waals surface area (Å²) in [7, 11) is 0. The molecular formula is C22H24N2O4. The molecule has 2 atom stereocenters. The molecule has 0 unspecified atom stereocenters. The molecule has 2 aromatic rings. The van der Waals surface area contributed by atoms with Gasteiger partial charge in [-0.2, -0.15) is 5.26 Å². The first kappa shape index (κ1) is 19.7. The van der Waals surface area contributed by atoms with Crippen LogP contribution < -0.4 is 14.8 Å². The van der Waals surface area contributed by atoms with Crippen molar-refractivity contribution in [3.63, 3.8) is 0 Å². The fraction of sp³-hybridized carbons (Fsp3) is 0.364. The van der Waals surface area contributed by atoms with Crippen molar-refractivity contribution in [3.8, 4) is 17.6 Å². The lowest BCUT2D eigenvalue weighted by Gasteiger charge is -2.27. The van der Waals surface area contributed by atoms with Gasteiger partial charge in [0.05, 0.1) is 12.0 Å². The Hall–Kier alpha value is -3.04. The maximum Gasteiger partial charge on any atom is 0.325 e. The summed E-state index contributed by atoms with van der Waals surface area (Å²) in [6, 6.07) is 16.4. The second-order valence-corrected chi connectivity index (χ2v) is 7.60. The van der Waals surface area contributed by atoms with E-state index < -0.39 is 23.5 Å². The van der Waals surface area contributed by atoms with E-state index in [1.165, 1.54) is 0 Å². The van der Waals surface area contributed by atoms with Crippen molar-refractivity contribution in [2.45, 2.75) is 44.9 Å². The fourth-order valence-electron chi connectivity index (χ4n) is 2.97. The molecule has 0 saturated heterocycles. The third-order valence-electron chi connectivity index (χ3n) is 4.26. The Morgan fingerprint density at radius 1 is 1.18 bits per heavy atom. The molecule has 0 saturated carbocycles. The van der Waals surface area contributed by atoms with Crippen molar-refractivity contribution in [2.24, 2.45) is 0 Å². The Bertz CT molecular complexity index is 868. The van der Waals surface area contributed by atoms with Gasteiger partial charge >= 0.3 is 5.97 Å². The van der Waals surface area contributed by atoms with Gasteiger partial charge in [-0.15, -0.1) is 0 Å². The first-order chi connectivity index (χ1) is 13.4. The van der Waals surface area contributed by atoms with Gasteiger partial charge in [0.2, 0.25) is 6.79 Å². The van der Waals surface area contributed by atoms with Gasteiger partial charge in [-0.3, -0.25) is 10.1 Å². The van der Waals surface area contributed by atoms with Gasteiger partial charge in [0.1, 0.15) is 11.6 Å². The summed E-state index contributed by atoms with van der Waals surface area (Å²) in [6.45, 7) is 6.01. The summed E-state index contributed by atoms with van der Waals surface area (Å²) < 4.78 is 16.3. The molecule has 3 rings (SSSR count). The molecule has 146 valence electrons. The van der Waals surface area contributed by atoms with E-state index in [4.69, 9.17) is 14.2 Å². The molecular weight excluding hydrogens is 356 g/mol. The summed E-state index contributed by atoms with van der Waals surface area (Å²) in [5.41, 5.74) is 1.03. The predicted octanol–water partition coefficient (Wildman–Crippen LogP) is 3.52. The lowest BCUT2D eigenvalue weighted by molar-refractivity contribution is -0.157. The van der Waals surface area contributed by atoms with Crippen molar-refractivity contribution >= 4 is 5.97 Å². The van der Waals surface area contributed by atoms with Crippen molar-refractivity contribution in [2.75, 3.05) is 6.79 Å². The second kappa shape index (κ2) is 8.32. The summed E-state index contributed by atoms with van der Waals surface area (Å²) in [5, 5.41) is 13.1. The van der Waals surface area contributed by atoms with E-state index >= 15 is 0 Å². The number of esters is 1. The maximum atomic E-state index is 12.9. The highest BCUT2D eigenvalue weighted by Crippen LogP contribution is 2.35. The number of rotatable bonds is 6. The zero-order valence-electron chi connectivity index (χ0n) is 16.3. The highest BCUT2D eigenvalue weighted by Gasteiger charge is 2.34. The molecule has 0 bridgehead atoms. The molecule has 2 aromatic carbocycles. The van der Waals surface area contributed by atoms with Crippen LogP contribution in [-0.4, -0.2) is 24.4 Å². The van der Waals surface area contributed by atoms with E-state index in [1.807, 2.05) is 30.3 Å². The normalized spacial score (nSPS) is 14.8. The zero-order valence-corrected chi connectivity index (χ0v) is 16.3. The van der Waals surface area contributed by atoms with Crippen LogP contribution in [0.2, 0.25) is 0 Å². The molecule has 1 aliphatic heterocycles. The summed E-state index contributed by atoms with van der Waals surface area (Å²) in [4.78, 5) is 12.9. The van der Waals surface area contributed by atoms with E-state index in [0.717, 1.165) is 5.56 Å². The van der Waals surface area contributed by atoms with Gasteiger partial charge in [-0.05, 0) is 44.0 Å². The van der Waals surface area contributed by atoms with Crippen LogP contribution in [0, 0.1) is 11.3 Å². The minimum absolute atomic E-state index is 0.151. The quantitative estimate of drug-likeness (QED) is 0.773. The number of hydrogen-bond donors (Lipinski definition) is 1. The number of nitrogens with zero attached hydrogens (tertiary/aromatic N) is 1. The molecule has 0 radical (unpaired) electrons. The zero-order chi connectivity index (χ0) is 20.1. The smallest absolute Gasteiger partial charge is 0.325 e. The highest BCUT2D eigenvalue weighted by molar-refractivity contribution is 5.78. The van der Waals surface area contributed by atoms with E-state index in [2.05, 4.69) is 11.4 Å². The number of nitrogens with one attached hydrogen (secondary N) is 1. The summed E-state index contributed by atoms with van der Waals surface area (Å²) in [6.07, 6.45) is 0. The van der Waals surface area contributed by atoms with Crippen LogP contribution in [0.25, 0.3) is 0 Å². The largest absolute Gasteiger partial charge is 0.459 e. The third kappa shape index (κ3) is 4.81. The molecule has 0 aliphatic carbocycles. The number of fused-ring (bicyclic) bond motifs is 1. The van der Waals surface area contributed by atoms with Gasteiger partial charge in [0.25, 0.3) is 0 Å². The van der Waals surface area contributed by atoms with Crippen LogP contribution >= 0.6 is 0 Å². The minimum Gasteiger partial charge on any atom is -0.459 e. The van der Waals surface area contributed by atoms with Crippen LogP contribution in [0.15, 0.2) is 48.5 Å². The first-order valence-electron chi connectivity index (χ1n) is 9.17. The van der Waals surface area contributed by atoms with Crippen LogP contribution in [0.3, 0.4) is 0 Å². The Morgan fingerprint density at radius 3 is 2.57 bits per heavy atom. The molecule has 6 nitrogen and oxygen atoms in total. The predicted molar refractivity (Wildman–Crippen MR) is 104 cm³/mol. The number of carbonyl (C=O) groups excluding carboxylic acids is 1. The average Bonchev–Trinajstić information content (AvgIpc) is 3.12.